The maximum atomic E-state index is 5.78. The van der Waals surface area contributed by atoms with Crippen molar-refractivity contribution in [1.82, 2.24) is 0 Å². The van der Waals surface area contributed by atoms with E-state index in [0.29, 0.717) is 5.95 Å². The van der Waals surface area contributed by atoms with Crippen molar-refractivity contribution in [1.29, 1.82) is 0 Å². The summed E-state index contributed by atoms with van der Waals surface area (Å²) >= 11 is 7.14. The molecule has 4 heteroatoms. The molecule has 0 bridgehead atoms. The molecule has 20 heavy (non-hydrogen) atoms. The molecule has 1 aliphatic heterocycles. The van der Waals surface area contributed by atoms with Crippen LogP contribution < -0.4 is 0 Å². The van der Waals surface area contributed by atoms with Crippen LogP contribution in [0, 0.1) is 0 Å². The van der Waals surface area contributed by atoms with Crippen molar-refractivity contribution in [2.45, 2.75) is 12.2 Å². The molecule has 3 rings (SSSR count). The fourth-order valence-corrected chi connectivity index (χ4v) is 3.32. The van der Waals surface area contributed by atoms with Gasteiger partial charge in [-0.05, 0) is 18.7 Å². The van der Waals surface area contributed by atoms with Crippen LogP contribution in [0.4, 0.5) is 0 Å². The first-order chi connectivity index (χ1) is 9.66. The Labute approximate surface area is 134 Å². The van der Waals surface area contributed by atoms with Crippen LogP contribution in [0.3, 0.4) is 0 Å². The van der Waals surface area contributed by atoms with Gasteiger partial charge in [0, 0.05) is 20.1 Å². The second kappa shape index (κ2) is 5.62. The third kappa shape index (κ3) is 2.50. The normalized spacial score (nSPS) is 21.4. The van der Waals surface area contributed by atoms with Crippen molar-refractivity contribution in [3.8, 4) is 0 Å². The number of hydrogen-bond acceptors (Lipinski definition) is 2. The smallest absolute Gasteiger partial charge is 0.273 e. The van der Waals surface area contributed by atoms with Crippen LogP contribution in [-0.4, -0.2) is 0 Å². The molecule has 0 N–H and O–H groups in total. The van der Waals surface area contributed by atoms with E-state index in [2.05, 4.69) is 38.4 Å². The molecule has 1 aliphatic rings. The summed E-state index contributed by atoms with van der Waals surface area (Å²) in [7, 11) is 0. The highest BCUT2D eigenvalue weighted by Gasteiger charge is 2.37. The summed E-state index contributed by atoms with van der Waals surface area (Å²) in [5.41, 5.74) is 2.10. The van der Waals surface area contributed by atoms with Crippen LogP contribution in [0.15, 0.2) is 70.0 Å². The van der Waals surface area contributed by atoms with Gasteiger partial charge in [-0.1, -0.05) is 68.3 Å². The van der Waals surface area contributed by atoms with Gasteiger partial charge in [0.2, 0.25) is 0 Å². The molecule has 0 aromatic heterocycles. The highest BCUT2D eigenvalue weighted by atomic mass is 79.9. The van der Waals surface area contributed by atoms with Crippen LogP contribution in [-0.2, 0) is 9.47 Å². The zero-order chi connectivity index (χ0) is 14.1. The molecule has 0 spiro atoms. The number of halogens is 2. The standard InChI is InChI=1S/C16H12Br2O2/c1-10-19-15(11-6-2-4-8-13(11)17)16(20-10)12-7-3-5-9-14(12)18/h2-9,15-16H,1H2/t15-,16-/m0/s1. The lowest BCUT2D eigenvalue weighted by molar-refractivity contribution is 0.142. The van der Waals surface area contributed by atoms with Gasteiger partial charge in [0.25, 0.3) is 5.95 Å². The zero-order valence-electron chi connectivity index (χ0n) is 10.6. The van der Waals surface area contributed by atoms with Crippen molar-refractivity contribution in [2.24, 2.45) is 0 Å². The molecule has 2 atom stereocenters. The van der Waals surface area contributed by atoms with E-state index < -0.39 is 0 Å². The topological polar surface area (TPSA) is 18.5 Å². The lowest BCUT2D eigenvalue weighted by Crippen LogP contribution is -2.08. The highest BCUT2D eigenvalue weighted by molar-refractivity contribution is 9.10. The maximum Gasteiger partial charge on any atom is 0.273 e. The lowest BCUT2D eigenvalue weighted by Gasteiger charge is -2.18. The Morgan fingerprint density at radius 2 is 1.15 bits per heavy atom. The van der Waals surface area contributed by atoms with E-state index in [9.17, 15) is 0 Å². The minimum atomic E-state index is -0.211. The Morgan fingerprint density at radius 1 is 0.750 bits per heavy atom. The summed E-state index contributed by atoms with van der Waals surface area (Å²) in [6.07, 6.45) is -0.423. The summed E-state index contributed by atoms with van der Waals surface area (Å²) in [5, 5.41) is 0. The van der Waals surface area contributed by atoms with Gasteiger partial charge in [-0.15, -0.1) is 0 Å². The third-order valence-electron chi connectivity index (χ3n) is 3.22. The van der Waals surface area contributed by atoms with E-state index in [0.717, 1.165) is 20.1 Å². The second-order valence-electron chi connectivity index (χ2n) is 4.49. The Morgan fingerprint density at radius 3 is 1.55 bits per heavy atom. The van der Waals surface area contributed by atoms with Crippen LogP contribution in [0.25, 0.3) is 0 Å². The fourth-order valence-electron chi connectivity index (χ4n) is 2.30. The first-order valence-electron chi connectivity index (χ1n) is 6.18. The van der Waals surface area contributed by atoms with Crippen LogP contribution in [0.2, 0.25) is 0 Å². The molecule has 0 saturated carbocycles. The summed E-state index contributed by atoms with van der Waals surface area (Å²) in [4.78, 5) is 0. The van der Waals surface area contributed by atoms with Crippen molar-refractivity contribution < 1.29 is 9.47 Å². The van der Waals surface area contributed by atoms with E-state index in [1.807, 2.05) is 48.5 Å². The minimum Gasteiger partial charge on any atom is -0.453 e. The number of ether oxygens (including phenoxy) is 2. The van der Waals surface area contributed by atoms with Crippen molar-refractivity contribution in [3.63, 3.8) is 0 Å². The molecule has 0 radical (unpaired) electrons. The number of hydrogen-bond donors (Lipinski definition) is 0. The van der Waals surface area contributed by atoms with Crippen molar-refractivity contribution >= 4 is 31.9 Å². The third-order valence-corrected chi connectivity index (χ3v) is 4.66. The predicted molar refractivity (Wildman–Crippen MR) is 85.1 cm³/mol. The average molecular weight is 396 g/mol. The molecule has 2 aromatic rings. The molecule has 1 saturated heterocycles. The maximum absolute atomic E-state index is 5.78. The Bertz CT molecular complexity index is 599. The Hall–Kier alpha value is -1.26. The average Bonchev–Trinajstić information content (AvgIpc) is 2.81. The molecular weight excluding hydrogens is 384 g/mol. The fraction of sp³-hybridized carbons (Fsp3) is 0.125. The van der Waals surface area contributed by atoms with Gasteiger partial charge in [0.05, 0.1) is 0 Å². The quantitative estimate of drug-likeness (QED) is 0.667. The second-order valence-corrected chi connectivity index (χ2v) is 6.20. The Kier molecular flexibility index (Phi) is 3.85. The van der Waals surface area contributed by atoms with Crippen LogP contribution in [0.1, 0.15) is 23.3 Å². The molecule has 0 aliphatic carbocycles. The van der Waals surface area contributed by atoms with Gasteiger partial charge in [-0.25, -0.2) is 0 Å². The molecule has 2 nitrogen and oxygen atoms in total. The van der Waals surface area contributed by atoms with E-state index in [1.54, 1.807) is 0 Å². The molecule has 0 unspecified atom stereocenters. The van der Waals surface area contributed by atoms with Crippen molar-refractivity contribution in [3.05, 3.63) is 81.1 Å². The molecule has 2 aromatic carbocycles. The largest absolute Gasteiger partial charge is 0.453 e. The van der Waals surface area contributed by atoms with Crippen molar-refractivity contribution in [2.75, 3.05) is 0 Å². The monoisotopic (exact) mass is 394 g/mol. The molecule has 102 valence electrons. The van der Waals surface area contributed by atoms with Gasteiger partial charge in [0.15, 0.2) is 12.2 Å². The van der Waals surface area contributed by atoms with Crippen LogP contribution in [0.5, 0.6) is 0 Å². The summed E-state index contributed by atoms with van der Waals surface area (Å²) in [6.45, 7) is 3.79. The van der Waals surface area contributed by atoms with E-state index >= 15 is 0 Å². The van der Waals surface area contributed by atoms with Gasteiger partial charge in [0.1, 0.15) is 0 Å². The SMILES string of the molecule is C=C1O[C@@H](c2ccccc2Br)[C@H](c2ccccc2Br)O1. The lowest BCUT2D eigenvalue weighted by atomic mass is 9.98. The molecular formula is C16H12Br2O2. The molecule has 1 heterocycles. The van der Waals surface area contributed by atoms with Crippen LogP contribution >= 0.6 is 31.9 Å². The predicted octanol–water partition coefficient (Wildman–Crippen LogP) is 5.51. The summed E-state index contributed by atoms with van der Waals surface area (Å²) in [6, 6.07) is 16.0. The number of rotatable bonds is 2. The first-order valence-corrected chi connectivity index (χ1v) is 7.76. The number of benzene rings is 2. The summed E-state index contributed by atoms with van der Waals surface area (Å²) in [5.74, 6) is 0.353. The van der Waals surface area contributed by atoms with E-state index in [4.69, 9.17) is 9.47 Å². The zero-order valence-corrected chi connectivity index (χ0v) is 13.7. The Balaban J connectivity index is 2.04. The van der Waals surface area contributed by atoms with E-state index in [1.165, 1.54) is 0 Å². The first kappa shape index (κ1) is 13.7. The minimum absolute atomic E-state index is 0.211. The van der Waals surface area contributed by atoms with Gasteiger partial charge in [-0.3, -0.25) is 0 Å². The van der Waals surface area contributed by atoms with Gasteiger partial charge in [-0.2, -0.15) is 0 Å². The van der Waals surface area contributed by atoms with Gasteiger partial charge < -0.3 is 9.47 Å². The van der Waals surface area contributed by atoms with E-state index in [-0.39, 0.29) is 12.2 Å². The van der Waals surface area contributed by atoms with Gasteiger partial charge >= 0.3 is 0 Å². The summed E-state index contributed by atoms with van der Waals surface area (Å²) < 4.78 is 13.6. The molecule has 1 fully saturated rings. The molecule has 0 amide bonds. The highest BCUT2D eigenvalue weighted by Crippen LogP contribution is 2.47.